The smallest absolute Gasteiger partial charge is 0.261 e. The number of fused-ring (bicyclic) bond motifs is 2. The zero-order valence-electron chi connectivity index (χ0n) is 11.5. The molecule has 3 heterocycles. The van der Waals surface area contributed by atoms with E-state index in [0.717, 1.165) is 29.1 Å². The molecule has 3 aromatic rings. The molecular formula is C16H15N3OS. The van der Waals surface area contributed by atoms with Crippen molar-refractivity contribution >= 4 is 22.9 Å². The summed E-state index contributed by atoms with van der Waals surface area (Å²) in [4.78, 5) is 18.9. The summed E-state index contributed by atoms with van der Waals surface area (Å²) in [5.74, 6) is 0.00598. The molecule has 1 aliphatic rings. The fraction of sp³-hybridized carbons (Fsp3) is 0.250. The van der Waals surface area contributed by atoms with Crippen molar-refractivity contribution in [1.29, 1.82) is 0 Å². The van der Waals surface area contributed by atoms with E-state index >= 15 is 0 Å². The van der Waals surface area contributed by atoms with Crippen LogP contribution in [0.5, 0.6) is 0 Å². The minimum Gasteiger partial charge on any atom is -0.346 e. The van der Waals surface area contributed by atoms with Crippen molar-refractivity contribution < 1.29 is 4.79 Å². The van der Waals surface area contributed by atoms with Gasteiger partial charge in [-0.2, -0.15) is 0 Å². The predicted molar refractivity (Wildman–Crippen MR) is 82.7 cm³/mol. The normalized spacial score (nSPS) is 13.5. The van der Waals surface area contributed by atoms with Crippen LogP contribution in [0.3, 0.4) is 0 Å². The second-order valence-electron chi connectivity index (χ2n) is 5.29. The summed E-state index contributed by atoms with van der Waals surface area (Å²) < 4.78 is 1.96. The maximum Gasteiger partial charge on any atom is 0.261 e. The average molecular weight is 297 g/mol. The Morgan fingerprint density at radius 1 is 1.38 bits per heavy atom. The number of thiophene rings is 1. The van der Waals surface area contributed by atoms with E-state index in [2.05, 4.69) is 10.3 Å². The third-order valence-corrected chi connectivity index (χ3v) is 5.05. The molecule has 0 fully saturated rings. The fourth-order valence-electron chi connectivity index (χ4n) is 2.77. The van der Waals surface area contributed by atoms with Gasteiger partial charge in [0.1, 0.15) is 5.65 Å². The number of hydrogen-bond acceptors (Lipinski definition) is 3. The zero-order chi connectivity index (χ0) is 14.2. The summed E-state index contributed by atoms with van der Waals surface area (Å²) in [6, 6.07) is 7.92. The van der Waals surface area contributed by atoms with Crippen LogP contribution in [-0.4, -0.2) is 15.3 Å². The van der Waals surface area contributed by atoms with Crippen LogP contribution in [0.1, 0.15) is 32.2 Å². The second kappa shape index (κ2) is 5.00. The largest absolute Gasteiger partial charge is 0.346 e. The Morgan fingerprint density at radius 2 is 2.33 bits per heavy atom. The van der Waals surface area contributed by atoms with Crippen molar-refractivity contribution in [2.24, 2.45) is 0 Å². The first-order valence-electron chi connectivity index (χ1n) is 7.12. The molecule has 0 bridgehead atoms. The summed E-state index contributed by atoms with van der Waals surface area (Å²) in [6.07, 6.45) is 7.37. The Kier molecular flexibility index (Phi) is 3.00. The molecule has 0 saturated carbocycles. The van der Waals surface area contributed by atoms with Crippen LogP contribution in [0.15, 0.2) is 36.7 Å². The number of nitrogens with zero attached hydrogens (tertiary/aromatic N) is 2. The van der Waals surface area contributed by atoms with Crippen molar-refractivity contribution in [3.63, 3.8) is 0 Å². The van der Waals surface area contributed by atoms with Crippen molar-refractivity contribution in [2.75, 3.05) is 0 Å². The first-order valence-corrected chi connectivity index (χ1v) is 7.94. The fourth-order valence-corrected chi connectivity index (χ4v) is 3.94. The third-order valence-electron chi connectivity index (χ3n) is 3.81. The second-order valence-corrected chi connectivity index (χ2v) is 6.43. The van der Waals surface area contributed by atoms with Crippen molar-refractivity contribution in [3.8, 4) is 0 Å². The molecule has 0 radical (unpaired) electrons. The van der Waals surface area contributed by atoms with E-state index in [1.807, 2.05) is 41.1 Å². The van der Waals surface area contributed by atoms with E-state index in [-0.39, 0.29) is 5.91 Å². The highest BCUT2D eigenvalue weighted by Gasteiger charge is 2.18. The third kappa shape index (κ3) is 2.34. The SMILES string of the molecule is O=C(NCc1cn2ccccc2n1)c1cc2c(s1)CCC2. The lowest BCUT2D eigenvalue weighted by atomic mass is 10.2. The molecule has 21 heavy (non-hydrogen) atoms. The molecule has 3 aromatic heterocycles. The molecule has 1 amide bonds. The molecule has 4 rings (SSSR count). The summed E-state index contributed by atoms with van der Waals surface area (Å²) in [7, 11) is 0. The highest BCUT2D eigenvalue weighted by molar-refractivity contribution is 7.14. The predicted octanol–water partition coefficient (Wildman–Crippen LogP) is 2.81. The number of imidazole rings is 1. The Hall–Kier alpha value is -2.14. The molecule has 1 N–H and O–H groups in total. The number of aryl methyl sites for hydroxylation is 2. The molecule has 4 nitrogen and oxygen atoms in total. The maximum absolute atomic E-state index is 12.2. The van der Waals surface area contributed by atoms with Crippen LogP contribution >= 0.6 is 11.3 Å². The van der Waals surface area contributed by atoms with Crippen molar-refractivity contribution in [3.05, 3.63) is 57.7 Å². The van der Waals surface area contributed by atoms with E-state index in [9.17, 15) is 4.79 Å². The van der Waals surface area contributed by atoms with Crippen LogP contribution < -0.4 is 5.32 Å². The van der Waals surface area contributed by atoms with E-state index in [1.165, 1.54) is 16.9 Å². The van der Waals surface area contributed by atoms with Crippen LogP contribution in [0.4, 0.5) is 0 Å². The lowest BCUT2D eigenvalue weighted by molar-refractivity contribution is 0.0954. The number of carbonyl (C=O) groups excluding carboxylic acids is 1. The number of amides is 1. The summed E-state index contributed by atoms with van der Waals surface area (Å²) in [6.45, 7) is 0.461. The Labute approximate surface area is 126 Å². The molecule has 106 valence electrons. The van der Waals surface area contributed by atoms with E-state index < -0.39 is 0 Å². The van der Waals surface area contributed by atoms with Gasteiger partial charge in [0.15, 0.2) is 0 Å². The Balaban J connectivity index is 1.46. The van der Waals surface area contributed by atoms with Gasteiger partial charge in [-0.3, -0.25) is 4.79 Å². The quantitative estimate of drug-likeness (QED) is 0.808. The minimum absolute atomic E-state index is 0.00598. The number of hydrogen-bond donors (Lipinski definition) is 1. The molecule has 0 aromatic carbocycles. The van der Waals surface area contributed by atoms with Gasteiger partial charge < -0.3 is 9.72 Å². The van der Waals surface area contributed by atoms with Crippen LogP contribution in [-0.2, 0) is 19.4 Å². The van der Waals surface area contributed by atoms with E-state index in [0.29, 0.717) is 6.54 Å². The molecule has 1 aliphatic carbocycles. The first-order chi connectivity index (χ1) is 10.3. The van der Waals surface area contributed by atoms with Gasteiger partial charge in [0.2, 0.25) is 0 Å². The van der Waals surface area contributed by atoms with Gasteiger partial charge in [-0.05, 0) is 43.0 Å². The number of carbonyl (C=O) groups is 1. The Morgan fingerprint density at radius 3 is 3.19 bits per heavy atom. The highest BCUT2D eigenvalue weighted by Crippen LogP contribution is 2.30. The topological polar surface area (TPSA) is 46.4 Å². The van der Waals surface area contributed by atoms with Crippen molar-refractivity contribution in [1.82, 2.24) is 14.7 Å². The van der Waals surface area contributed by atoms with E-state index in [4.69, 9.17) is 0 Å². The van der Waals surface area contributed by atoms with Gasteiger partial charge >= 0.3 is 0 Å². The molecule has 0 aliphatic heterocycles. The number of rotatable bonds is 3. The summed E-state index contributed by atoms with van der Waals surface area (Å²) >= 11 is 1.63. The number of aromatic nitrogens is 2. The lowest BCUT2D eigenvalue weighted by Crippen LogP contribution is -2.22. The van der Waals surface area contributed by atoms with Gasteiger partial charge in [0.25, 0.3) is 5.91 Å². The van der Waals surface area contributed by atoms with Gasteiger partial charge in [0.05, 0.1) is 17.1 Å². The average Bonchev–Trinajstić information content (AvgIpc) is 3.17. The molecule has 0 saturated heterocycles. The summed E-state index contributed by atoms with van der Waals surface area (Å²) in [5, 5.41) is 2.96. The number of nitrogens with one attached hydrogen (secondary N) is 1. The molecule has 5 heteroatoms. The molecule has 0 unspecified atom stereocenters. The minimum atomic E-state index is 0.00598. The molecular weight excluding hydrogens is 282 g/mol. The lowest BCUT2D eigenvalue weighted by Gasteiger charge is -2.00. The number of pyridine rings is 1. The standard InChI is InChI=1S/C16H15N3OS/c20-16(14-8-11-4-3-5-13(11)21-14)17-9-12-10-19-7-2-1-6-15(19)18-12/h1-2,6-8,10H,3-5,9H2,(H,17,20). The van der Waals surface area contributed by atoms with Crippen LogP contribution in [0.25, 0.3) is 5.65 Å². The van der Waals surface area contributed by atoms with Gasteiger partial charge in [0, 0.05) is 17.3 Å². The van der Waals surface area contributed by atoms with Crippen LogP contribution in [0, 0.1) is 0 Å². The van der Waals surface area contributed by atoms with Crippen LogP contribution in [0.2, 0.25) is 0 Å². The monoisotopic (exact) mass is 297 g/mol. The maximum atomic E-state index is 12.2. The Bertz CT molecular complexity index is 763. The summed E-state index contributed by atoms with van der Waals surface area (Å²) in [5.41, 5.74) is 3.13. The van der Waals surface area contributed by atoms with Gasteiger partial charge in [-0.25, -0.2) is 4.98 Å². The zero-order valence-corrected chi connectivity index (χ0v) is 12.3. The highest BCUT2D eigenvalue weighted by atomic mass is 32.1. The van der Waals surface area contributed by atoms with Gasteiger partial charge in [-0.1, -0.05) is 6.07 Å². The van der Waals surface area contributed by atoms with E-state index in [1.54, 1.807) is 11.3 Å². The molecule has 0 atom stereocenters. The van der Waals surface area contributed by atoms with Crippen molar-refractivity contribution in [2.45, 2.75) is 25.8 Å². The van der Waals surface area contributed by atoms with Gasteiger partial charge in [-0.15, -0.1) is 11.3 Å². The first kappa shape index (κ1) is 12.6. The molecule has 0 spiro atoms.